The Morgan fingerprint density at radius 3 is 0.743 bits per heavy atom. The molecule has 70 heavy (non-hydrogen) atoms. The van der Waals surface area contributed by atoms with E-state index in [1.807, 2.05) is 239 Å². The van der Waals surface area contributed by atoms with E-state index in [-0.39, 0.29) is 13.4 Å². The standard InChI is InChI=1S/2C13H13BN4.2C7H8N2.6C2H6.2C2H/c2*1-14(11-6-5-10(9-15)17(11)3)12-7-8-13(16-2)18(12)4;2*1-6-4-5-7(8-2)9(6)3;8*1-2/h2*5-8H,1,3-4H3;2*4-5H,1,3H3;6*1-2H3;2*1H/q;;;;;;;;;;2*+1. The zero-order chi connectivity index (χ0) is 56.3. The predicted molar refractivity (Wildman–Crippen MR) is 303 cm³/mol. The Bertz CT molecular complexity index is 2310. The van der Waals surface area contributed by atoms with Crippen LogP contribution in [0.1, 0.15) is 106 Å². The van der Waals surface area contributed by atoms with Gasteiger partial charge in [0.05, 0.1) is 50.8 Å². The summed E-state index contributed by atoms with van der Waals surface area (Å²) in [6.07, 6.45) is 18.0. The normalized spacial score (nSPS) is 8.03. The Morgan fingerprint density at radius 1 is 0.386 bits per heavy atom. The average molecular weight is 943 g/mol. The van der Waals surface area contributed by atoms with Crippen LogP contribution < -0.4 is 22.4 Å². The second-order valence-corrected chi connectivity index (χ2v) is 12.7. The van der Waals surface area contributed by atoms with Crippen LogP contribution in [0.4, 0.5) is 23.3 Å². The van der Waals surface area contributed by atoms with Gasteiger partial charge in [0, 0.05) is 14.1 Å². The van der Waals surface area contributed by atoms with E-state index < -0.39 is 0 Å². The SMILES string of the molecule is CC.CC.CC.CC.CC.CC.[C+]#C.[C+]#C.[C-]#[N+]c1ccc(B(C)c2ccc(C#N)n2C)n1C.[C-]#[N+]c1ccc(B(C)c2ccc(C#N)n2C)n1C.[C-]#[N+]c1ccc(C)n1C.[C-]#[N+]c1ccc(C)n1C. The molecule has 0 spiro atoms. The van der Waals surface area contributed by atoms with Crippen molar-refractivity contribution in [2.45, 2.75) is 111 Å². The van der Waals surface area contributed by atoms with Gasteiger partial charge in [-0.1, -0.05) is 123 Å². The van der Waals surface area contributed by atoms with E-state index >= 15 is 0 Å². The predicted octanol–water partition coefficient (Wildman–Crippen LogP) is 12.4. The van der Waals surface area contributed by atoms with Gasteiger partial charge in [0.15, 0.2) is 0 Å². The summed E-state index contributed by atoms with van der Waals surface area (Å²) in [7, 11) is 11.4. The number of aryl methyl sites for hydroxylation is 2. The Morgan fingerprint density at radius 2 is 0.586 bits per heavy atom. The largest absolute Gasteiger partial charge is 0.364 e. The molecule has 0 saturated carbocycles. The number of hydrogen-bond donors (Lipinski definition) is 0. The van der Waals surface area contributed by atoms with Crippen LogP contribution in [0.25, 0.3) is 19.4 Å². The molecule has 6 heterocycles. The first-order valence-corrected chi connectivity index (χ1v) is 23.5. The van der Waals surface area contributed by atoms with E-state index in [1.165, 1.54) is 0 Å². The molecule has 0 saturated heterocycles. The second kappa shape index (κ2) is 45.1. The van der Waals surface area contributed by atoms with Crippen LogP contribution >= 0.6 is 0 Å². The van der Waals surface area contributed by atoms with Crippen LogP contribution in [0, 0.1) is 88.5 Å². The summed E-state index contributed by atoms with van der Waals surface area (Å²) in [5, 5.41) is 17.9. The Hall–Kier alpha value is -7.69. The van der Waals surface area contributed by atoms with Gasteiger partial charge in [-0.3, -0.25) is 0 Å². The summed E-state index contributed by atoms with van der Waals surface area (Å²) in [4.78, 5) is 13.5. The number of terminal acetylenes is 2. The van der Waals surface area contributed by atoms with Crippen molar-refractivity contribution < 1.29 is 0 Å². The molecular weight excluding hydrogens is 862 g/mol. The minimum absolute atomic E-state index is 0.151. The number of hydrogen-bond acceptors (Lipinski definition) is 2. The fourth-order valence-electron chi connectivity index (χ4n) is 6.00. The van der Waals surface area contributed by atoms with Crippen molar-refractivity contribution >= 4 is 59.1 Å². The van der Waals surface area contributed by atoms with E-state index in [1.54, 1.807) is 0 Å². The van der Waals surface area contributed by atoms with Gasteiger partial charge in [-0.05, 0) is 97.8 Å². The van der Waals surface area contributed by atoms with Crippen LogP contribution in [0.3, 0.4) is 0 Å². The van der Waals surface area contributed by atoms with Gasteiger partial charge in [0.25, 0.3) is 13.4 Å². The third-order valence-corrected chi connectivity index (χ3v) is 9.74. The molecule has 0 bridgehead atoms. The molecule has 0 atom stereocenters. The maximum Gasteiger partial charge on any atom is 0.276 e. The molecule has 14 heteroatoms. The fourth-order valence-corrected chi connectivity index (χ4v) is 6.00. The molecule has 0 amide bonds. The van der Waals surface area contributed by atoms with Crippen LogP contribution in [-0.4, -0.2) is 40.8 Å². The van der Waals surface area contributed by atoms with E-state index in [9.17, 15) is 0 Å². The van der Waals surface area contributed by atoms with Crippen LogP contribution in [0.5, 0.6) is 0 Å². The van der Waals surface area contributed by atoms with Crippen LogP contribution in [-0.2, 0) is 42.3 Å². The molecule has 6 aromatic heterocycles. The molecule has 0 N–H and O–H groups in total. The molecule has 0 aliphatic carbocycles. The van der Waals surface area contributed by atoms with Crippen molar-refractivity contribution in [1.29, 1.82) is 10.5 Å². The van der Waals surface area contributed by atoms with Crippen LogP contribution in [0.15, 0.2) is 72.8 Å². The number of aromatic nitrogens is 6. The average Bonchev–Trinajstić information content (AvgIpc) is 4.30. The van der Waals surface area contributed by atoms with Crippen molar-refractivity contribution in [3.05, 3.63) is 154 Å². The van der Waals surface area contributed by atoms with Crippen molar-refractivity contribution in [1.82, 2.24) is 27.4 Å². The molecule has 0 aliphatic rings. The Labute approximate surface area is 427 Å². The smallest absolute Gasteiger partial charge is 0.276 e. The van der Waals surface area contributed by atoms with E-state index in [0.29, 0.717) is 34.7 Å². The zero-order valence-corrected chi connectivity index (χ0v) is 46.6. The summed E-state index contributed by atoms with van der Waals surface area (Å²) in [5.74, 6) is 2.66. The first-order chi connectivity index (χ1) is 33.7. The molecule has 6 rings (SSSR count). The summed E-state index contributed by atoms with van der Waals surface area (Å²) in [5.41, 5.74) is 7.85. The molecule has 12 nitrogen and oxygen atoms in total. The van der Waals surface area contributed by atoms with Gasteiger partial charge >= 0.3 is 25.7 Å². The van der Waals surface area contributed by atoms with Gasteiger partial charge in [-0.2, -0.15) is 10.5 Å². The summed E-state index contributed by atoms with van der Waals surface area (Å²) in [6.45, 7) is 60.0. The van der Waals surface area contributed by atoms with Crippen molar-refractivity contribution in [2.75, 3.05) is 0 Å². The van der Waals surface area contributed by atoms with E-state index in [2.05, 4.69) is 58.0 Å². The minimum Gasteiger partial charge on any atom is -0.364 e. The number of nitrogens with zero attached hydrogens (tertiary/aromatic N) is 12. The van der Waals surface area contributed by atoms with Crippen molar-refractivity contribution in [3.8, 4) is 25.0 Å². The molecule has 0 aliphatic heterocycles. The van der Waals surface area contributed by atoms with Crippen molar-refractivity contribution in [3.63, 3.8) is 0 Å². The topological polar surface area (TPSA) is 94.6 Å². The van der Waals surface area contributed by atoms with Gasteiger partial charge in [-0.15, -0.1) is 0 Å². The summed E-state index contributed by atoms with van der Waals surface area (Å²) in [6, 6.07) is 27.0. The zero-order valence-electron chi connectivity index (χ0n) is 46.6. The molecule has 0 radical (unpaired) electrons. The monoisotopic (exact) mass is 943 g/mol. The third-order valence-electron chi connectivity index (χ3n) is 9.74. The molecular formula is C56H80B2N12+2. The van der Waals surface area contributed by atoms with Crippen LogP contribution in [0.2, 0.25) is 13.6 Å². The molecule has 0 unspecified atom stereocenters. The second-order valence-electron chi connectivity index (χ2n) is 12.7. The molecule has 368 valence electrons. The maximum absolute atomic E-state index is 8.97. The maximum atomic E-state index is 8.97. The third kappa shape index (κ3) is 22.0. The quantitative estimate of drug-likeness (QED) is 0.1000. The first kappa shape index (κ1) is 73.9. The number of nitriles is 2. The van der Waals surface area contributed by atoms with E-state index in [4.69, 9.17) is 49.7 Å². The Balaban J connectivity index is -0.000000183. The molecule has 0 fully saturated rings. The molecule has 0 aromatic carbocycles. The van der Waals surface area contributed by atoms with Gasteiger partial charge in [-0.25, -0.2) is 0 Å². The first-order valence-electron chi connectivity index (χ1n) is 23.5. The van der Waals surface area contributed by atoms with Gasteiger partial charge in [0.1, 0.15) is 23.5 Å². The van der Waals surface area contributed by atoms with E-state index in [0.717, 1.165) is 33.8 Å². The minimum atomic E-state index is 0.151. The fraction of sp³-hybridized carbons (Fsp3) is 0.393. The van der Waals surface area contributed by atoms with Gasteiger partial charge in [0.2, 0.25) is 23.3 Å². The van der Waals surface area contributed by atoms with Gasteiger partial charge < -0.3 is 46.8 Å². The molecule has 6 aromatic rings. The number of rotatable bonds is 4. The summed E-state index contributed by atoms with van der Waals surface area (Å²) >= 11 is 0. The van der Waals surface area contributed by atoms with Crippen molar-refractivity contribution in [2.24, 2.45) is 42.3 Å². The summed E-state index contributed by atoms with van der Waals surface area (Å²) < 4.78 is 11.3. The Kier molecular flexibility index (Phi) is 47.6.